The SMILES string of the molecule is CCCCCCCCCCCCCCCCCCCCCCC(=O)O[C@H](COC(=O)CCCCCCCCCCCCCC(C)C)COP(=O)(O)OC[C@@H](O)COP(=O)(O)OC[C@@H](COC(=O)CCCCCCCCC(C)CC)OC(=O)CCCCCCCCCC(C)C. The highest BCUT2D eigenvalue weighted by molar-refractivity contribution is 7.47. The molecule has 0 rings (SSSR count). The van der Waals surface area contributed by atoms with Gasteiger partial charge in [0.25, 0.3) is 0 Å². The second-order valence-corrected chi connectivity index (χ2v) is 31.1. The van der Waals surface area contributed by atoms with Crippen molar-refractivity contribution in [2.45, 2.75) is 401 Å². The van der Waals surface area contributed by atoms with Gasteiger partial charge in [-0.2, -0.15) is 0 Å². The van der Waals surface area contributed by atoms with E-state index < -0.39 is 97.5 Å². The average molecular weight is 1380 g/mol. The van der Waals surface area contributed by atoms with Gasteiger partial charge in [0.1, 0.15) is 19.3 Å². The minimum atomic E-state index is -4.96. The highest BCUT2D eigenvalue weighted by atomic mass is 31.2. The maximum atomic E-state index is 13.1. The predicted octanol–water partition coefficient (Wildman–Crippen LogP) is 21.8. The molecule has 0 heterocycles. The van der Waals surface area contributed by atoms with Crippen LogP contribution in [0.25, 0.3) is 0 Å². The average Bonchev–Trinajstić information content (AvgIpc) is 2.83. The third-order valence-corrected chi connectivity index (χ3v) is 19.6. The molecule has 0 amide bonds. The molecule has 0 aromatic heterocycles. The van der Waals surface area contributed by atoms with Gasteiger partial charge in [-0.1, -0.05) is 331 Å². The number of hydrogen-bond acceptors (Lipinski definition) is 15. The van der Waals surface area contributed by atoms with Crippen molar-refractivity contribution in [3.8, 4) is 0 Å². The molecule has 0 fully saturated rings. The number of carbonyl (C=O) groups is 4. The van der Waals surface area contributed by atoms with Crippen LogP contribution >= 0.6 is 15.6 Å². The van der Waals surface area contributed by atoms with E-state index in [1.54, 1.807) is 0 Å². The van der Waals surface area contributed by atoms with E-state index in [0.717, 1.165) is 108 Å². The van der Waals surface area contributed by atoms with Crippen LogP contribution in [0.5, 0.6) is 0 Å². The van der Waals surface area contributed by atoms with E-state index in [1.807, 2.05) is 0 Å². The van der Waals surface area contributed by atoms with Crippen molar-refractivity contribution in [2.75, 3.05) is 39.6 Å². The number of carbonyl (C=O) groups excluding carboxylic acids is 4. The number of esters is 4. The zero-order valence-electron chi connectivity index (χ0n) is 61.4. The Bertz CT molecular complexity index is 1840. The van der Waals surface area contributed by atoms with E-state index in [-0.39, 0.29) is 25.7 Å². The van der Waals surface area contributed by atoms with Gasteiger partial charge in [-0.15, -0.1) is 0 Å². The number of rotatable bonds is 73. The molecule has 17 nitrogen and oxygen atoms in total. The lowest BCUT2D eigenvalue weighted by Gasteiger charge is -2.21. The third-order valence-electron chi connectivity index (χ3n) is 17.7. The zero-order valence-corrected chi connectivity index (χ0v) is 63.2. The largest absolute Gasteiger partial charge is 0.472 e. The van der Waals surface area contributed by atoms with E-state index in [1.165, 1.54) is 186 Å². The summed E-state index contributed by atoms with van der Waals surface area (Å²) in [5.41, 5.74) is 0. The van der Waals surface area contributed by atoms with Crippen molar-refractivity contribution in [1.82, 2.24) is 0 Å². The minimum absolute atomic E-state index is 0.102. The molecule has 19 heteroatoms. The highest BCUT2D eigenvalue weighted by Crippen LogP contribution is 2.45. The van der Waals surface area contributed by atoms with Gasteiger partial charge in [-0.3, -0.25) is 37.3 Å². The minimum Gasteiger partial charge on any atom is -0.462 e. The molecule has 0 aliphatic rings. The Morgan fingerprint density at radius 3 is 0.809 bits per heavy atom. The smallest absolute Gasteiger partial charge is 0.462 e. The first-order chi connectivity index (χ1) is 45.3. The van der Waals surface area contributed by atoms with Crippen molar-refractivity contribution in [2.24, 2.45) is 17.8 Å². The molecule has 3 N–H and O–H groups in total. The van der Waals surface area contributed by atoms with Crippen molar-refractivity contribution in [1.29, 1.82) is 0 Å². The molecule has 558 valence electrons. The van der Waals surface area contributed by atoms with Crippen LogP contribution in [0.4, 0.5) is 0 Å². The van der Waals surface area contributed by atoms with Crippen LogP contribution in [0.3, 0.4) is 0 Å². The van der Waals surface area contributed by atoms with Gasteiger partial charge in [0.15, 0.2) is 12.2 Å². The quantitative estimate of drug-likeness (QED) is 0.0222. The Labute approximate surface area is 575 Å². The Balaban J connectivity index is 5.21. The van der Waals surface area contributed by atoms with Crippen molar-refractivity contribution in [3.63, 3.8) is 0 Å². The number of ether oxygens (including phenoxy) is 4. The van der Waals surface area contributed by atoms with E-state index in [9.17, 15) is 43.2 Å². The second kappa shape index (κ2) is 65.7. The standard InChI is InChI=1S/C75H146O17P2/c1-8-10-11-12-13-14-15-16-17-18-19-20-21-22-23-26-30-35-44-51-58-74(79)91-70(62-85-72(77)56-49-42-34-29-27-24-25-28-32-39-46-53-66(3)4)64-89-93(81,82)87-60-69(76)61-88-94(83,84)90-65-71(92-75(80)59-52-45-36-31-33-40-47-54-67(5)6)63-86-73(78)57-50-43-38-37-41-48-55-68(7)9-2/h66-71,76H,8-65H2,1-7H3,(H,81,82)(H,83,84)/t68?,69-,70-,71-/m1/s1. The summed E-state index contributed by atoms with van der Waals surface area (Å²) in [6.07, 6.45) is 51.6. The number of aliphatic hydroxyl groups excluding tert-OH is 1. The van der Waals surface area contributed by atoms with Crippen molar-refractivity contribution < 1.29 is 80.2 Å². The molecule has 94 heavy (non-hydrogen) atoms. The zero-order chi connectivity index (χ0) is 69.4. The number of phosphoric acid groups is 2. The molecule has 0 aliphatic heterocycles. The number of hydrogen-bond donors (Lipinski definition) is 3. The van der Waals surface area contributed by atoms with Gasteiger partial charge >= 0.3 is 39.5 Å². The maximum absolute atomic E-state index is 13.1. The fourth-order valence-corrected chi connectivity index (χ4v) is 13.0. The first-order valence-corrected chi connectivity index (χ1v) is 41.9. The van der Waals surface area contributed by atoms with Gasteiger partial charge in [0.2, 0.25) is 0 Å². The molecular formula is C75H146O17P2. The fourth-order valence-electron chi connectivity index (χ4n) is 11.4. The number of unbranched alkanes of at least 4 members (excludes halogenated alkanes) is 40. The summed E-state index contributed by atoms with van der Waals surface area (Å²) in [5, 5.41) is 10.6. The Morgan fingerprint density at radius 1 is 0.309 bits per heavy atom. The molecule has 0 spiro atoms. The topological polar surface area (TPSA) is 237 Å². The molecule has 6 atom stereocenters. The molecule has 0 aliphatic carbocycles. The maximum Gasteiger partial charge on any atom is 0.472 e. The van der Waals surface area contributed by atoms with Gasteiger partial charge in [-0.05, 0) is 43.4 Å². The Kier molecular flexibility index (Phi) is 64.3. The summed E-state index contributed by atoms with van der Waals surface area (Å²) in [7, 11) is -9.91. The summed E-state index contributed by atoms with van der Waals surface area (Å²) < 4.78 is 68.4. The monoisotopic (exact) mass is 1380 g/mol. The summed E-state index contributed by atoms with van der Waals surface area (Å²) in [4.78, 5) is 72.7. The lowest BCUT2D eigenvalue weighted by atomic mass is 10.00. The van der Waals surface area contributed by atoms with Gasteiger partial charge in [0.05, 0.1) is 26.4 Å². The molecule has 0 bridgehead atoms. The molecule has 0 radical (unpaired) electrons. The molecule has 0 aromatic rings. The Hall–Kier alpha value is -1.94. The van der Waals surface area contributed by atoms with Crippen LogP contribution in [-0.2, 0) is 65.4 Å². The molecule has 3 unspecified atom stereocenters. The molecule has 0 saturated heterocycles. The van der Waals surface area contributed by atoms with Crippen LogP contribution < -0.4 is 0 Å². The Morgan fingerprint density at radius 2 is 0.543 bits per heavy atom. The van der Waals surface area contributed by atoms with Crippen LogP contribution in [0.1, 0.15) is 382 Å². The van der Waals surface area contributed by atoms with Gasteiger partial charge in [0, 0.05) is 25.7 Å². The van der Waals surface area contributed by atoms with Crippen LogP contribution in [0, 0.1) is 17.8 Å². The first kappa shape index (κ1) is 92.1. The second-order valence-electron chi connectivity index (χ2n) is 28.2. The predicted molar refractivity (Wildman–Crippen MR) is 381 cm³/mol. The lowest BCUT2D eigenvalue weighted by Crippen LogP contribution is -2.30. The van der Waals surface area contributed by atoms with Crippen molar-refractivity contribution >= 4 is 39.5 Å². The van der Waals surface area contributed by atoms with E-state index >= 15 is 0 Å². The number of aliphatic hydroxyl groups is 1. The lowest BCUT2D eigenvalue weighted by molar-refractivity contribution is -0.161. The molecule has 0 saturated carbocycles. The first-order valence-electron chi connectivity index (χ1n) is 38.9. The van der Waals surface area contributed by atoms with E-state index in [4.69, 9.17) is 37.0 Å². The van der Waals surface area contributed by atoms with E-state index in [0.29, 0.717) is 31.6 Å². The highest BCUT2D eigenvalue weighted by Gasteiger charge is 2.30. The van der Waals surface area contributed by atoms with E-state index in [2.05, 4.69) is 48.5 Å². The molecule has 0 aromatic carbocycles. The summed E-state index contributed by atoms with van der Waals surface area (Å²) in [5.74, 6) is 0.0737. The summed E-state index contributed by atoms with van der Waals surface area (Å²) in [6, 6.07) is 0. The van der Waals surface area contributed by atoms with Gasteiger partial charge in [-0.25, -0.2) is 9.13 Å². The summed E-state index contributed by atoms with van der Waals surface area (Å²) in [6.45, 7) is 11.8. The van der Waals surface area contributed by atoms with Crippen LogP contribution in [-0.4, -0.2) is 96.7 Å². The third kappa shape index (κ3) is 67.3. The number of phosphoric ester groups is 2. The fraction of sp³-hybridized carbons (Fsp3) is 0.947. The van der Waals surface area contributed by atoms with Gasteiger partial charge < -0.3 is 33.8 Å². The van der Waals surface area contributed by atoms with Crippen LogP contribution in [0.2, 0.25) is 0 Å². The normalized spacial score (nSPS) is 14.4. The van der Waals surface area contributed by atoms with Crippen molar-refractivity contribution in [3.05, 3.63) is 0 Å². The summed E-state index contributed by atoms with van der Waals surface area (Å²) >= 11 is 0. The molecular weight excluding hydrogens is 1230 g/mol. The van der Waals surface area contributed by atoms with Crippen LogP contribution in [0.15, 0.2) is 0 Å².